The minimum atomic E-state index is -0.488. The molecule has 3 rings (SSSR count). The van der Waals surface area contributed by atoms with Crippen molar-refractivity contribution in [3.05, 3.63) is 22.2 Å². The Bertz CT molecular complexity index is 587. The molecule has 2 aliphatic rings. The van der Waals surface area contributed by atoms with Crippen LogP contribution in [0.4, 0.5) is 0 Å². The Balaban J connectivity index is 2.22. The van der Waals surface area contributed by atoms with Gasteiger partial charge in [-0.25, -0.2) is 4.79 Å². The summed E-state index contributed by atoms with van der Waals surface area (Å²) in [4.78, 5) is 15.0. The number of aliphatic imine (C=N–C) groups is 1. The Morgan fingerprint density at radius 3 is 2.80 bits per heavy atom. The zero-order chi connectivity index (χ0) is 14.2. The van der Waals surface area contributed by atoms with Gasteiger partial charge in [-0.1, -0.05) is 31.4 Å². The van der Waals surface area contributed by atoms with E-state index in [0.717, 1.165) is 43.2 Å². The summed E-state index contributed by atoms with van der Waals surface area (Å²) in [5.74, 6) is 1.25. The summed E-state index contributed by atoms with van der Waals surface area (Å²) in [5, 5.41) is 0.588. The number of ether oxygens (including phenoxy) is 2. The van der Waals surface area contributed by atoms with E-state index in [4.69, 9.17) is 21.1 Å². The normalized spacial score (nSPS) is 18.9. The van der Waals surface area contributed by atoms with Gasteiger partial charge in [-0.2, -0.15) is 4.99 Å². The number of isocyanates is 1. The molecule has 106 valence electrons. The zero-order valence-corrected chi connectivity index (χ0v) is 12.1. The first-order valence-electron chi connectivity index (χ1n) is 6.92. The average Bonchev–Trinajstić information content (AvgIpc) is 3.08. The van der Waals surface area contributed by atoms with Gasteiger partial charge in [0.25, 0.3) is 0 Å². The van der Waals surface area contributed by atoms with Crippen LogP contribution < -0.4 is 9.47 Å². The standard InChI is InChI=1S/C15H16ClNO3/c1-2-10-11(15(17-8-18)5-3-4-6-15)7-12-14(13(10)16)20-9-19-12/h7H,2-6,9H2,1H3. The maximum Gasteiger partial charge on any atom is 0.235 e. The van der Waals surface area contributed by atoms with E-state index in [9.17, 15) is 4.79 Å². The highest BCUT2D eigenvalue weighted by molar-refractivity contribution is 6.33. The largest absolute Gasteiger partial charge is 0.454 e. The highest BCUT2D eigenvalue weighted by Gasteiger charge is 2.39. The second kappa shape index (κ2) is 5.12. The Morgan fingerprint density at radius 2 is 2.15 bits per heavy atom. The first-order chi connectivity index (χ1) is 9.72. The third-order valence-corrected chi connectivity index (χ3v) is 4.65. The van der Waals surface area contributed by atoms with Crippen LogP contribution in [0.15, 0.2) is 11.1 Å². The lowest BCUT2D eigenvalue weighted by Crippen LogP contribution is -2.21. The molecule has 1 aromatic carbocycles. The van der Waals surface area contributed by atoms with Crippen LogP contribution in [0.5, 0.6) is 11.5 Å². The molecule has 0 saturated heterocycles. The molecule has 1 aliphatic carbocycles. The van der Waals surface area contributed by atoms with Crippen LogP contribution in [0.1, 0.15) is 43.7 Å². The van der Waals surface area contributed by atoms with Gasteiger partial charge in [-0.3, -0.25) is 0 Å². The molecule has 5 heteroatoms. The Kier molecular flexibility index (Phi) is 3.45. The topological polar surface area (TPSA) is 47.9 Å². The van der Waals surface area contributed by atoms with Crippen molar-refractivity contribution in [2.24, 2.45) is 4.99 Å². The van der Waals surface area contributed by atoms with E-state index in [2.05, 4.69) is 4.99 Å². The Hall–Kier alpha value is -1.51. The summed E-state index contributed by atoms with van der Waals surface area (Å²) >= 11 is 6.45. The van der Waals surface area contributed by atoms with Gasteiger partial charge >= 0.3 is 0 Å². The summed E-state index contributed by atoms with van der Waals surface area (Å²) in [6.07, 6.45) is 6.33. The zero-order valence-electron chi connectivity index (χ0n) is 11.4. The second-order valence-corrected chi connectivity index (χ2v) is 5.62. The van der Waals surface area contributed by atoms with Gasteiger partial charge in [0.1, 0.15) is 0 Å². The smallest absolute Gasteiger partial charge is 0.235 e. The van der Waals surface area contributed by atoms with Gasteiger partial charge in [0.2, 0.25) is 12.9 Å². The monoisotopic (exact) mass is 293 g/mol. The molecular weight excluding hydrogens is 278 g/mol. The van der Waals surface area contributed by atoms with Crippen molar-refractivity contribution in [3.63, 3.8) is 0 Å². The first-order valence-corrected chi connectivity index (χ1v) is 7.30. The minimum absolute atomic E-state index is 0.186. The van der Waals surface area contributed by atoms with E-state index in [1.165, 1.54) is 0 Å². The second-order valence-electron chi connectivity index (χ2n) is 5.25. The van der Waals surface area contributed by atoms with Crippen LogP contribution in [0.2, 0.25) is 5.02 Å². The van der Waals surface area contributed by atoms with Crippen LogP contribution >= 0.6 is 11.6 Å². The fourth-order valence-corrected chi connectivity index (χ4v) is 3.67. The van der Waals surface area contributed by atoms with Gasteiger partial charge in [0, 0.05) is 0 Å². The summed E-state index contributed by atoms with van der Waals surface area (Å²) in [6.45, 7) is 2.23. The molecule has 0 amide bonds. The third kappa shape index (κ3) is 1.91. The predicted octanol–water partition coefficient (Wildman–Crippen LogP) is 3.74. The lowest BCUT2D eigenvalue weighted by molar-refractivity contribution is 0.174. The van der Waals surface area contributed by atoms with Crippen LogP contribution in [0.25, 0.3) is 0 Å². The molecule has 0 N–H and O–H groups in total. The number of nitrogens with zero attached hydrogens (tertiary/aromatic N) is 1. The van der Waals surface area contributed by atoms with E-state index in [0.29, 0.717) is 16.5 Å². The van der Waals surface area contributed by atoms with Crippen molar-refractivity contribution in [2.45, 2.75) is 44.6 Å². The molecule has 1 saturated carbocycles. The lowest BCUT2D eigenvalue weighted by Gasteiger charge is -2.26. The van der Waals surface area contributed by atoms with Gasteiger partial charge in [0.05, 0.1) is 10.6 Å². The van der Waals surface area contributed by atoms with Crippen molar-refractivity contribution in [3.8, 4) is 11.5 Å². The molecule has 20 heavy (non-hydrogen) atoms. The number of carbonyl (C=O) groups excluding carboxylic acids is 1. The minimum Gasteiger partial charge on any atom is -0.454 e. The molecule has 1 heterocycles. The highest BCUT2D eigenvalue weighted by Crippen LogP contribution is 2.50. The number of hydrogen-bond donors (Lipinski definition) is 0. The van der Waals surface area contributed by atoms with E-state index < -0.39 is 5.54 Å². The van der Waals surface area contributed by atoms with E-state index in [-0.39, 0.29) is 6.79 Å². The Labute approximate surface area is 122 Å². The van der Waals surface area contributed by atoms with Crippen molar-refractivity contribution >= 4 is 17.7 Å². The third-order valence-electron chi connectivity index (χ3n) is 4.25. The van der Waals surface area contributed by atoms with Gasteiger partial charge < -0.3 is 9.47 Å². The molecule has 0 radical (unpaired) electrons. The maximum atomic E-state index is 10.9. The number of halogens is 1. The molecule has 0 atom stereocenters. The predicted molar refractivity (Wildman–Crippen MR) is 75.2 cm³/mol. The van der Waals surface area contributed by atoms with Crippen molar-refractivity contribution in [1.29, 1.82) is 0 Å². The fraction of sp³-hybridized carbons (Fsp3) is 0.533. The lowest BCUT2D eigenvalue weighted by atomic mass is 9.84. The molecule has 0 bridgehead atoms. The van der Waals surface area contributed by atoms with E-state index in [1.807, 2.05) is 13.0 Å². The van der Waals surface area contributed by atoms with E-state index >= 15 is 0 Å². The number of benzene rings is 1. The number of rotatable bonds is 3. The van der Waals surface area contributed by atoms with Crippen LogP contribution in [-0.4, -0.2) is 12.9 Å². The van der Waals surface area contributed by atoms with E-state index in [1.54, 1.807) is 6.08 Å². The van der Waals surface area contributed by atoms with Crippen molar-refractivity contribution < 1.29 is 14.3 Å². The molecule has 0 aromatic heterocycles. The first kappa shape index (κ1) is 13.5. The number of fused-ring (bicyclic) bond motifs is 1. The van der Waals surface area contributed by atoms with Crippen molar-refractivity contribution in [1.82, 2.24) is 0 Å². The molecular formula is C15H16ClNO3. The molecule has 4 nitrogen and oxygen atoms in total. The van der Waals surface area contributed by atoms with Gasteiger partial charge in [-0.05, 0) is 36.5 Å². The van der Waals surface area contributed by atoms with Crippen LogP contribution in [0, 0.1) is 0 Å². The van der Waals surface area contributed by atoms with Gasteiger partial charge in [0.15, 0.2) is 11.5 Å². The maximum absolute atomic E-state index is 10.9. The fourth-order valence-electron chi connectivity index (χ4n) is 3.29. The number of hydrogen-bond acceptors (Lipinski definition) is 4. The average molecular weight is 294 g/mol. The van der Waals surface area contributed by atoms with Crippen LogP contribution in [0.3, 0.4) is 0 Å². The molecule has 1 aliphatic heterocycles. The van der Waals surface area contributed by atoms with Gasteiger partial charge in [-0.15, -0.1) is 0 Å². The van der Waals surface area contributed by atoms with Crippen molar-refractivity contribution in [2.75, 3.05) is 6.79 Å². The summed E-state index contributed by atoms with van der Waals surface area (Å²) in [7, 11) is 0. The molecule has 1 aromatic rings. The molecule has 0 spiro atoms. The SMILES string of the molecule is CCc1c(C2(N=C=O)CCCC2)cc2c(c1Cl)OCO2. The molecule has 1 fully saturated rings. The summed E-state index contributed by atoms with van der Waals surface area (Å²) in [5.41, 5.74) is 1.50. The highest BCUT2D eigenvalue weighted by atomic mass is 35.5. The summed E-state index contributed by atoms with van der Waals surface area (Å²) in [6, 6.07) is 1.94. The Morgan fingerprint density at radius 1 is 1.40 bits per heavy atom. The van der Waals surface area contributed by atoms with Crippen LogP contribution in [-0.2, 0) is 16.8 Å². The summed E-state index contributed by atoms with van der Waals surface area (Å²) < 4.78 is 10.9. The quantitative estimate of drug-likeness (QED) is 0.630. The molecule has 0 unspecified atom stereocenters.